The van der Waals surface area contributed by atoms with Crippen molar-refractivity contribution < 1.29 is 26.8 Å². The van der Waals surface area contributed by atoms with E-state index in [0.29, 0.717) is 42.8 Å². The van der Waals surface area contributed by atoms with E-state index in [4.69, 9.17) is 14.0 Å². The molecule has 0 radical (unpaired) electrons. The van der Waals surface area contributed by atoms with Crippen molar-refractivity contribution >= 4 is 15.9 Å². The van der Waals surface area contributed by atoms with E-state index < -0.39 is 15.7 Å². The topological polar surface area (TPSA) is 94.8 Å². The molecule has 8 nitrogen and oxygen atoms in total. The SMILES string of the molecule is COCc1noc(N2CCC([C@H]3CC3CCOc3ccc(S(C)(=O)=O)cc3F)CC2)n1. The van der Waals surface area contributed by atoms with Crippen molar-refractivity contribution in [3.63, 3.8) is 0 Å². The second kappa shape index (κ2) is 9.12. The van der Waals surface area contributed by atoms with E-state index in [9.17, 15) is 12.8 Å². The van der Waals surface area contributed by atoms with E-state index in [2.05, 4.69) is 15.0 Å². The van der Waals surface area contributed by atoms with Gasteiger partial charge in [0.15, 0.2) is 27.2 Å². The monoisotopic (exact) mass is 453 g/mol. The Labute approximate surface area is 181 Å². The number of anilines is 1. The summed E-state index contributed by atoms with van der Waals surface area (Å²) in [5.74, 6) is 1.99. The lowest BCUT2D eigenvalue weighted by Crippen LogP contribution is -2.34. The Balaban J connectivity index is 1.19. The molecule has 1 aliphatic carbocycles. The van der Waals surface area contributed by atoms with Crippen LogP contribution in [0.2, 0.25) is 0 Å². The van der Waals surface area contributed by atoms with Crippen molar-refractivity contribution in [1.29, 1.82) is 0 Å². The normalized spacial score (nSPS) is 22.0. The van der Waals surface area contributed by atoms with Crippen LogP contribution >= 0.6 is 0 Å². The minimum atomic E-state index is -3.43. The van der Waals surface area contributed by atoms with Gasteiger partial charge >= 0.3 is 6.01 Å². The Morgan fingerprint density at radius 3 is 2.74 bits per heavy atom. The van der Waals surface area contributed by atoms with Crippen LogP contribution in [0.5, 0.6) is 5.75 Å². The van der Waals surface area contributed by atoms with Gasteiger partial charge in [-0.15, -0.1) is 0 Å². The van der Waals surface area contributed by atoms with Gasteiger partial charge in [-0.05, 0) is 61.6 Å². The van der Waals surface area contributed by atoms with Crippen LogP contribution in [0.3, 0.4) is 0 Å². The predicted octanol–water partition coefficient (Wildman–Crippen LogP) is 3.08. The average molecular weight is 454 g/mol. The number of hydrogen-bond acceptors (Lipinski definition) is 8. The van der Waals surface area contributed by atoms with E-state index in [1.165, 1.54) is 18.6 Å². The second-order valence-electron chi connectivity index (χ2n) is 8.41. The summed E-state index contributed by atoms with van der Waals surface area (Å²) >= 11 is 0. The first-order chi connectivity index (χ1) is 14.8. The van der Waals surface area contributed by atoms with Crippen molar-refractivity contribution in [2.75, 3.05) is 38.0 Å². The molecule has 10 heteroatoms. The Bertz CT molecular complexity index is 1000. The number of methoxy groups -OCH3 is 1. The van der Waals surface area contributed by atoms with E-state index in [0.717, 1.165) is 44.7 Å². The summed E-state index contributed by atoms with van der Waals surface area (Å²) in [6, 6.07) is 4.35. The molecule has 31 heavy (non-hydrogen) atoms. The first kappa shape index (κ1) is 22.0. The molecule has 2 aromatic rings. The van der Waals surface area contributed by atoms with Crippen molar-refractivity contribution in [1.82, 2.24) is 10.1 Å². The quantitative estimate of drug-likeness (QED) is 0.572. The maximum atomic E-state index is 14.1. The minimum Gasteiger partial charge on any atom is -0.491 e. The molecule has 2 heterocycles. The highest BCUT2D eigenvalue weighted by atomic mass is 32.2. The summed E-state index contributed by atoms with van der Waals surface area (Å²) in [5, 5.41) is 3.92. The highest BCUT2D eigenvalue weighted by molar-refractivity contribution is 7.90. The summed E-state index contributed by atoms with van der Waals surface area (Å²) < 4.78 is 53.0. The molecule has 1 aromatic carbocycles. The fraction of sp³-hybridized carbons (Fsp3) is 0.619. The molecule has 2 aliphatic rings. The van der Waals surface area contributed by atoms with Gasteiger partial charge in [0.05, 0.1) is 11.5 Å². The van der Waals surface area contributed by atoms with Crippen LogP contribution in [0.1, 0.15) is 31.5 Å². The third-order valence-corrected chi connectivity index (χ3v) is 7.31. The average Bonchev–Trinajstić information content (AvgIpc) is 3.36. The molecule has 0 amide bonds. The fourth-order valence-electron chi connectivity index (χ4n) is 4.41. The third-order valence-electron chi connectivity index (χ3n) is 6.20. The van der Waals surface area contributed by atoms with Gasteiger partial charge in [0, 0.05) is 26.5 Å². The molecule has 2 fully saturated rings. The van der Waals surface area contributed by atoms with Crippen molar-refractivity contribution in [2.24, 2.45) is 17.8 Å². The van der Waals surface area contributed by atoms with Gasteiger partial charge in [-0.2, -0.15) is 4.98 Å². The molecule has 0 N–H and O–H groups in total. The van der Waals surface area contributed by atoms with Crippen LogP contribution in [0.4, 0.5) is 10.4 Å². The van der Waals surface area contributed by atoms with Crippen molar-refractivity contribution in [3.8, 4) is 5.75 Å². The number of ether oxygens (including phenoxy) is 2. The molecular formula is C21H28FN3O5S. The van der Waals surface area contributed by atoms with Crippen LogP contribution in [0, 0.1) is 23.6 Å². The van der Waals surface area contributed by atoms with Gasteiger partial charge in [0.2, 0.25) is 0 Å². The first-order valence-corrected chi connectivity index (χ1v) is 12.4. The third kappa shape index (κ3) is 5.35. The summed E-state index contributed by atoms with van der Waals surface area (Å²) in [5.41, 5.74) is 0. The fourth-order valence-corrected chi connectivity index (χ4v) is 5.04. The molecule has 1 saturated carbocycles. The van der Waals surface area contributed by atoms with Gasteiger partial charge < -0.3 is 18.9 Å². The summed E-state index contributed by atoms with van der Waals surface area (Å²) in [4.78, 5) is 6.45. The molecule has 1 aromatic heterocycles. The number of rotatable bonds is 9. The van der Waals surface area contributed by atoms with E-state index in [1.54, 1.807) is 7.11 Å². The number of halogens is 1. The summed E-state index contributed by atoms with van der Waals surface area (Å²) in [6.45, 7) is 2.57. The van der Waals surface area contributed by atoms with Crippen LogP contribution in [-0.2, 0) is 21.2 Å². The largest absolute Gasteiger partial charge is 0.491 e. The molecule has 2 atom stereocenters. The maximum Gasteiger partial charge on any atom is 0.324 e. The standard InChI is InChI=1S/C21H28FN3O5S/c1-28-13-20-23-21(30-24-20)25-8-5-14(6-9-25)17-11-15(17)7-10-29-19-4-3-16(12-18(19)22)31(2,26)27/h3-4,12,14-15,17H,5-11,13H2,1-2H3/t15?,17-/m1/s1. The highest BCUT2D eigenvalue weighted by Gasteiger charge is 2.43. The van der Waals surface area contributed by atoms with Crippen LogP contribution in [-0.4, -0.2) is 51.6 Å². The number of nitrogens with zero attached hydrogens (tertiary/aromatic N) is 3. The molecule has 170 valence electrons. The lowest BCUT2D eigenvalue weighted by Gasteiger charge is -2.30. The first-order valence-electron chi connectivity index (χ1n) is 10.5. The summed E-state index contributed by atoms with van der Waals surface area (Å²) in [6.07, 6.45) is 5.29. The Hall–Kier alpha value is -2.20. The highest BCUT2D eigenvalue weighted by Crippen LogP contribution is 2.50. The Morgan fingerprint density at radius 2 is 2.06 bits per heavy atom. The smallest absolute Gasteiger partial charge is 0.324 e. The van der Waals surface area contributed by atoms with E-state index in [-0.39, 0.29) is 10.6 Å². The van der Waals surface area contributed by atoms with Gasteiger partial charge in [0.25, 0.3) is 0 Å². The molecule has 4 rings (SSSR count). The van der Waals surface area contributed by atoms with Gasteiger partial charge in [-0.3, -0.25) is 0 Å². The van der Waals surface area contributed by atoms with E-state index >= 15 is 0 Å². The zero-order chi connectivity index (χ0) is 22.0. The zero-order valence-corrected chi connectivity index (χ0v) is 18.6. The Morgan fingerprint density at radius 1 is 1.29 bits per heavy atom. The molecule has 1 unspecified atom stereocenters. The lowest BCUT2D eigenvalue weighted by molar-refractivity contribution is 0.174. The Kier molecular flexibility index (Phi) is 6.47. The zero-order valence-electron chi connectivity index (χ0n) is 17.8. The lowest BCUT2D eigenvalue weighted by atomic mass is 9.90. The molecular weight excluding hydrogens is 425 g/mol. The van der Waals surface area contributed by atoms with Crippen molar-refractivity contribution in [2.45, 2.75) is 37.2 Å². The molecule has 1 saturated heterocycles. The maximum absolute atomic E-state index is 14.1. The number of hydrogen-bond donors (Lipinski definition) is 0. The van der Waals surface area contributed by atoms with Crippen LogP contribution < -0.4 is 9.64 Å². The van der Waals surface area contributed by atoms with Crippen LogP contribution in [0.25, 0.3) is 0 Å². The number of aromatic nitrogens is 2. The second-order valence-corrected chi connectivity index (χ2v) is 10.4. The predicted molar refractivity (Wildman–Crippen MR) is 111 cm³/mol. The molecule has 0 bridgehead atoms. The van der Waals surface area contributed by atoms with Crippen LogP contribution in [0.15, 0.2) is 27.6 Å². The van der Waals surface area contributed by atoms with E-state index in [1.807, 2.05) is 0 Å². The van der Waals surface area contributed by atoms with Crippen molar-refractivity contribution in [3.05, 3.63) is 29.8 Å². The number of benzene rings is 1. The molecule has 0 spiro atoms. The summed E-state index contributed by atoms with van der Waals surface area (Å²) in [7, 11) is -1.83. The minimum absolute atomic E-state index is 0.0404. The number of sulfone groups is 1. The van der Waals surface area contributed by atoms with Gasteiger partial charge in [-0.1, -0.05) is 5.16 Å². The van der Waals surface area contributed by atoms with Gasteiger partial charge in [-0.25, -0.2) is 12.8 Å². The van der Waals surface area contributed by atoms with Gasteiger partial charge in [0.1, 0.15) is 6.61 Å². The molecule has 1 aliphatic heterocycles. The number of piperidine rings is 1.